The zero-order valence-electron chi connectivity index (χ0n) is 22.0. The molecule has 0 bridgehead atoms. The van der Waals surface area contributed by atoms with E-state index in [1.807, 2.05) is 0 Å². The molecule has 0 aliphatic carbocycles. The van der Waals surface area contributed by atoms with Gasteiger partial charge in [-0.25, -0.2) is 18.6 Å². The van der Waals surface area contributed by atoms with Crippen LogP contribution in [0.15, 0.2) is 41.7 Å². The minimum Gasteiger partial charge on any atom is -0.444 e. The zero-order valence-corrected chi connectivity index (χ0v) is 22.0. The maximum atomic E-state index is 13.3. The molecule has 38 heavy (non-hydrogen) atoms. The molecule has 0 fully saturated rings. The Labute approximate surface area is 218 Å². The summed E-state index contributed by atoms with van der Waals surface area (Å²) in [6.07, 6.45) is 0.856. The number of ether oxygens (including phenoxy) is 1. The van der Waals surface area contributed by atoms with Gasteiger partial charge in [-0.05, 0) is 69.5 Å². The molecular formula is C26H30F2N6O4. The third-order valence-corrected chi connectivity index (χ3v) is 5.41. The summed E-state index contributed by atoms with van der Waals surface area (Å²) in [4.78, 5) is 48.1. The van der Waals surface area contributed by atoms with Crippen LogP contribution in [-0.4, -0.2) is 44.1 Å². The predicted octanol–water partition coefficient (Wildman–Crippen LogP) is 4.38. The number of nitrogens with one attached hydrogen (secondary N) is 1. The van der Waals surface area contributed by atoms with Gasteiger partial charge >= 0.3 is 6.09 Å². The number of aromatic nitrogens is 3. The molecule has 10 nitrogen and oxygen atoms in total. The lowest BCUT2D eigenvalue weighted by Crippen LogP contribution is -2.33. The minimum atomic E-state index is -2.67. The molecule has 0 atom stereocenters. The first-order valence-corrected chi connectivity index (χ1v) is 11.6. The van der Waals surface area contributed by atoms with Crippen LogP contribution < -0.4 is 16.6 Å². The number of anilines is 2. The van der Waals surface area contributed by atoms with Gasteiger partial charge in [0.25, 0.3) is 17.9 Å². The first kappa shape index (κ1) is 28.2. The number of amides is 2. The molecule has 12 heteroatoms. The van der Waals surface area contributed by atoms with Crippen molar-refractivity contribution in [2.75, 3.05) is 18.1 Å². The number of halogens is 2. The topological polar surface area (TPSA) is 132 Å². The number of hydrogen-bond acceptors (Lipinski definition) is 7. The molecular weight excluding hydrogens is 498 g/mol. The third kappa shape index (κ3) is 6.50. The van der Waals surface area contributed by atoms with Crippen LogP contribution in [-0.2, 0) is 11.3 Å². The molecule has 3 N–H and O–H groups in total. The van der Waals surface area contributed by atoms with Crippen molar-refractivity contribution in [2.45, 2.75) is 53.2 Å². The monoisotopic (exact) mass is 528 g/mol. The lowest BCUT2D eigenvalue weighted by Gasteiger charge is -2.24. The second kappa shape index (κ2) is 11.0. The molecule has 0 saturated carbocycles. The number of carbonyl (C=O) groups is 2. The molecule has 2 amide bonds. The van der Waals surface area contributed by atoms with Gasteiger partial charge in [-0.1, -0.05) is 0 Å². The summed E-state index contributed by atoms with van der Waals surface area (Å²) in [5, 5.41) is 2.58. The molecule has 0 radical (unpaired) electrons. The van der Waals surface area contributed by atoms with Crippen LogP contribution in [0.25, 0.3) is 5.69 Å². The fraction of sp³-hybridized carbons (Fsp3) is 0.346. The second-order valence-corrected chi connectivity index (χ2v) is 9.86. The molecule has 2 heterocycles. The van der Waals surface area contributed by atoms with Gasteiger partial charge in [0.05, 0.1) is 24.1 Å². The number of benzene rings is 1. The van der Waals surface area contributed by atoms with E-state index in [2.05, 4.69) is 15.3 Å². The van der Waals surface area contributed by atoms with E-state index >= 15 is 0 Å². The van der Waals surface area contributed by atoms with E-state index in [1.54, 1.807) is 47.7 Å². The van der Waals surface area contributed by atoms with Crippen molar-refractivity contribution in [3.05, 3.63) is 75.1 Å². The van der Waals surface area contributed by atoms with Crippen LogP contribution in [0.1, 0.15) is 59.8 Å². The molecule has 0 saturated heterocycles. The number of pyridine rings is 1. The maximum Gasteiger partial charge on any atom is 0.410 e. The average molecular weight is 529 g/mol. The average Bonchev–Trinajstić information content (AvgIpc) is 2.79. The maximum absolute atomic E-state index is 13.3. The largest absolute Gasteiger partial charge is 0.444 e. The number of aryl methyl sites for hydroxylation is 2. The van der Waals surface area contributed by atoms with Gasteiger partial charge < -0.3 is 20.7 Å². The number of alkyl halides is 2. The summed E-state index contributed by atoms with van der Waals surface area (Å²) in [7, 11) is 1.57. The number of hydrogen-bond donors (Lipinski definition) is 2. The Balaban J connectivity index is 1.88. The molecule has 0 aliphatic heterocycles. The number of nitrogen functional groups attached to an aromatic ring is 1. The fourth-order valence-electron chi connectivity index (χ4n) is 3.85. The summed E-state index contributed by atoms with van der Waals surface area (Å²) in [5.74, 6) is -1.12. The molecule has 3 rings (SSSR count). The Bertz CT molecular complexity index is 1410. The van der Waals surface area contributed by atoms with Gasteiger partial charge in [0.1, 0.15) is 23.3 Å². The lowest BCUT2D eigenvalue weighted by atomic mass is 10.0. The molecule has 0 aliphatic rings. The molecule has 1 aromatic carbocycles. The smallest absolute Gasteiger partial charge is 0.410 e. The number of carbonyl (C=O) groups excluding carboxylic acids is 2. The zero-order chi connectivity index (χ0) is 28.4. The van der Waals surface area contributed by atoms with Crippen LogP contribution in [0.5, 0.6) is 0 Å². The first-order valence-electron chi connectivity index (χ1n) is 11.6. The van der Waals surface area contributed by atoms with Gasteiger partial charge in [0.2, 0.25) is 0 Å². The third-order valence-electron chi connectivity index (χ3n) is 5.41. The quantitative estimate of drug-likeness (QED) is 0.485. The molecule has 202 valence electrons. The number of nitrogens with two attached hydrogens (primary N) is 1. The van der Waals surface area contributed by atoms with Gasteiger partial charge in [-0.15, -0.1) is 0 Å². The summed E-state index contributed by atoms with van der Waals surface area (Å²) in [6, 6.07) is 4.15. The van der Waals surface area contributed by atoms with Crippen LogP contribution in [0.3, 0.4) is 0 Å². The highest BCUT2D eigenvalue weighted by molar-refractivity contribution is 6.06. The Morgan fingerprint density at radius 2 is 1.79 bits per heavy atom. The number of rotatable bonds is 6. The molecule has 0 spiro atoms. The number of nitrogens with zero attached hydrogens (tertiary/aromatic N) is 4. The lowest BCUT2D eigenvalue weighted by molar-refractivity contribution is 0.0285. The van der Waals surface area contributed by atoms with E-state index in [-0.39, 0.29) is 23.6 Å². The van der Waals surface area contributed by atoms with E-state index in [4.69, 9.17) is 10.5 Å². The molecule has 3 aromatic rings. The van der Waals surface area contributed by atoms with Crippen molar-refractivity contribution >= 4 is 23.5 Å². The Morgan fingerprint density at radius 1 is 1.16 bits per heavy atom. The van der Waals surface area contributed by atoms with Gasteiger partial charge in [-0.2, -0.15) is 0 Å². The summed E-state index contributed by atoms with van der Waals surface area (Å²) in [5.41, 5.74) is 5.87. The fourth-order valence-corrected chi connectivity index (χ4v) is 3.85. The van der Waals surface area contributed by atoms with E-state index in [0.717, 1.165) is 10.9 Å². The first-order chi connectivity index (χ1) is 17.7. The van der Waals surface area contributed by atoms with Crippen molar-refractivity contribution in [3.8, 4) is 5.69 Å². The predicted molar refractivity (Wildman–Crippen MR) is 139 cm³/mol. The highest BCUT2D eigenvalue weighted by Gasteiger charge is 2.22. The standard InChI is InChI=1S/C26H30F2N6O4/c1-14-7-17(21(27)28)8-15(2)20(14)34-13-31-22(29)19(24(34)36)23(35)32-18-9-16(10-30-11-18)12-33(6)25(37)38-26(3,4)5/h7-11,13,21H,12,29H2,1-6H3,(H,32,35). The van der Waals surface area contributed by atoms with Crippen LogP contribution in [0.4, 0.5) is 25.1 Å². The molecule has 0 unspecified atom stereocenters. The van der Waals surface area contributed by atoms with Gasteiger partial charge in [-0.3, -0.25) is 19.1 Å². The summed E-state index contributed by atoms with van der Waals surface area (Å²) >= 11 is 0. The van der Waals surface area contributed by atoms with Crippen LogP contribution >= 0.6 is 0 Å². The highest BCUT2D eigenvalue weighted by Crippen LogP contribution is 2.26. The van der Waals surface area contributed by atoms with Crippen molar-refractivity contribution in [1.29, 1.82) is 0 Å². The summed E-state index contributed by atoms with van der Waals surface area (Å²) < 4.78 is 32.8. The SMILES string of the molecule is Cc1cc(C(F)F)cc(C)c1-n1cnc(N)c(C(=O)Nc2cncc(CN(C)C(=O)OC(C)(C)C)c2)c1=O. The van der Waals surface area contributed by atoms with E-state index in [0.29, 0.717) is 22.4 Å². The van der Waals surface area contributed by atoms with Gasteiger partial charge in [0.15, 0.2) is 0 Å². The van der Waals surface area contributed by atoms with E-state index in [9.17, 15) is 23.2 Å². The van der Waals surface area contributed by atoms with Crippen molar-refractivity contribution in [3.63, 3.8) is 0 Å². The van der Waals surface area contributed by atoms with Crippen LogP contribution in [0.2, 0.25) is 0 Å². The molecule has 2 aromatic heterocycles. The highest BCUT2D eigenvalue weighted by atomic mass is 19.3. The Morgan fingerprint density at radius 3 is 2.37 bits per heavy atom. The Hall–Kier alpha value is -4.35. The summed E-state index contributed by atoms with van der Waals surface area (Å²) in [6.45, 7) is 8.60. The van der Waals surface area contributed by atoms with Crippen molar-refractivity contribution < 1.29 is 23.1 Å². The van der Waals surface area contributed by atoms with Crippen molar-refractivity contribution in [1.82, 2.24) is 19.4 Å². The van der Waals surface area contributed by atoms with Crippen LogP contribution in [0, 0.1) is 13.8 Å². The normalized spacial score (nSPS) is 11.4. The second-order valence-electron chi connectivity index (χ2n) is 9.86. The van der Waals surface area contributed by atoms with E-state index in [1.165, 1.54) is 29.4 Å². The minimum absolute atomic E-state index is 0.153. The van der Waals surface area contributed by atoms with Gasteiger partial charge in [0, 0.05) is 18.8 Å². The Kier molecular flexibility index (Phi) is 8.13. The van der Waals surface area contributed by atoms with Crippen molar-refractivity contribution in [2.24, 2.45) is 0 Å². The van der Waals surface area contributed by atoms with E-state index < -0.39 is 35.1 Å².